The fraction of sp³-hybridized carbons (Fsp3) is 0.188. The van der Waals surface area contributed by atoms with E-state index in [1.54, 1.807) is 13.3 Å². The molecule has 0 aromatic heterocycles. The van der Waals surface area contributed by atoms with Crippen LogP contribution in [-0.4, -0.2) is 19.9 Å². The van der Waals surface area contributed by atoms with Gasteiger partial charge in [0.05, 0.1) is 25.6 Å². The van der Waals surface area contributed by atoms with Gasteiger partial charge in [0, 0.05) is 0 Å². The summed E-state index contributed by atoms with van der Waals surface area (Å²) in [7, 11) is 1.65. The summed E-state index contributed by atoms with van der Waals surface area (Å²) >= 11 is 0. The zero-order chi connectivity index (χ0) is 14.2. The molecule has 0 aliphatic rings. The Morgan fingerprint density at radius 2 is 1.65 bits per heavy atom. The van der Waals surface area contributed by atoms with Gasteiger partial charge in [0.1, 0.15) is 11.5 Å². The number of hydrazone groups is 1. The molecule has 0 aliphatic carbocycles. The third-order valence-corrected chi connectivity index (χ3v) is 2.69. The summed E-state index contributed by atoms with van der Waals surface area (Å²) in [5.74, 6) is 1.69. The normalized spacial score (nSPS) is 10.5. The monoisotopic (exact) mass is 270 g/mol. The molecule has 104 valence electrons. The lowest BCUT2D eigenvalue weighted by molar-refractivity contribution is 0.340. The van der Waals surface area contributed by atoms with Gasteiger partial charge in [-0.15, -0.1) is 0 Å². The van der Waals surface area contributed by atoms with Crippen LogP contribution in [0.1, 0.15) is 12.5 Å². The predicted octanol–water partition coefficient (Wildman–Crippen LogP) is 3.54. The van der Waals surface area contributed by atoms with E-state index in [0.717, 1.165) is 22.7 Å². The Bertz CT molecular complexity index is 548. The zero-order valence-corrected chi connectivity index (χ0v) is 11.7. The van der Waals surface area contributed by atoms with E-state index in [4.69, 9.17) is 9.47 Å². The van der Waals surface area contributed by atoms with Gasteiger partial charge in [0.2, 0.25) is 0 Å². The summed E-state index contributed by atoms with van der Waals surface area (Å²) in [6, 6.07) is 15.4. The average molecular weight is 270 g/mol. The van der Waals surface area contributed by atoms with Gasteiger partial charge in [0.15, 0.2) is 0 Å². The van der Waals surface area contributed by atoms with Crippen LogP contribution < -0.4 is 14.9 Å². The maximum atomic E-state index is 5.38. The quantitative estimate of drug-likeness (QED) is 0.645. The van der Waals surface area contributed by atoms with Crippen molar-refractivity contribution in [1.29, 1.82) is 0 Å². The summed E-state index contributed by atoms with van der Waals surface area (Å²) < 4.78 is 10.5. The second kappa shape index (κ2) is 7.19. The number of ether oxygens (including phenoxy) is 2. The minimum absolute atomic E-state index is 0.673. The summed E-state index contributed by atoms with van der Waals surface area (Å²) in [5.41, 5.74) is 4.89. The van der Waals surface area contributed by atoms with Gasteiger partial charge >= 0.3 is 0 Å². The fourth-order valence-corrected chi connectivity index (χ4v) is 1.66. The Kier molecular flexibility index (Phi) is 5.00. The van der Waals surface area contributed by atoms with Crippen LogP contribution in [0.5, 0.6) is 11.5 Å². The lowest BCUT2D eigenvalue weighted by Gasteiger charge is -2.03. The van der Waals surface area contributed by atoms with Crippen molar-refractivity contribution in [3.8, 4) is 11.5 Å². The van der Waals surface area contributed by atoms with E-state index in [1.165, 1.54) is 0 Å². The van der Waals surface area contributed by atoms with Crippen LogP contribution in [0.15, 0.2) is 53.6 Å². The first-order valence-electron chi connectivity index (χ1n) is 6.48. The number of methoxy groups -OCH3 is 1. The van der Waals surface area contributed by atoms with Crippen LogP contribution in [0.4, 0.5) is 5.69 Å². The third kappa shape index (κ3) is 4.02. The first kappa shape index (κ1) is 13.9. The molecular weight excluding hydrogens is 252 g/mol. The molecule has 1 N–H and O–H groups in total. The molecule has 0 saturated carbocycles. The molecule has 0 unspecified atom stereocenters. The summed E-state index contributed by atoms with van der Waals surface area (Å²) in [4.78, 5) is 0. The van der Waals surface area contributed by atoms with Crippen LogP contribution in [-0.2, 0) is 0 Å². The Morgan fingerprint density at radius 1 is 1.00 bits per heavy atom. The van der Waals surface area contributed by atoms with Gasteiger partial charge < -0.3 is 9.47 Å². The average Bonchev–Trinajstić information content (AvgIpc) is 2.50. The Labute approximate surface area is 119 Å². The van der Waals surface area contributed by atoms with Crippen molar-refractivity contribution in [3.05, 3.63) is 54.1 Å². The van der Waals surface area contributed by atoms with E-state index >= 15 is 0 Å². The standard InChI is InChI=1S/C16H18N2O2/c1-3-20-16-8-4-13(5-9-16)12-17-18-14-6-10-15(19-2)11-7-14/h4-12,18H,3H2,1-2H3/b17-12+. The van der Waals surface area contributed by atoms with Crippen molar-refractivity contribution >= 4 is 11.9 Å². The lowest BCUT2D eigenvalue weighted by atomic mass is 10.2. The summed E-state index contributed by atoms with van der Waals surface area (Å²) in [6.45, 7) is 2.64. The van der Waals surface area contributed by atoms with E-state index in [1.807, 2.05) is 55.5 Å². The first-order valence-corrected chi connectivity index (χ1v) is 6.48. The van der Waals surface area contributed by atoms with Gasteiger partial charge in [-0.25, -0.2) is 0 Å². The molecule has 0 atom stereocenters. The molecular formula is C16H18N2O2. The SMILES string of the molecule is CCOc1ccc(/C=N/Nc2ccc(OC)cc2)cc1. The number of anilines is 1. The van der Waals surface area contributed by atoms with Crippen molar-refractivity contribution in [1.82, 2.24) is 0 Å². The largest absolute Gasteiger partial charge is 0.497 e. The molecule has 0 heterocycles. The van der Waals surface area contributed by atoms with Crippen molar-refractivity contribution in [2.45, 2.75) is 6.92 Å². The zero-order valence-electron chi connectivity index (χ0n) is 11.7. The molecule has 2 aromatic carbocycles. The molecule has 0 aliphatic heterocycles. The predicted molar refractivity (Wildman–Crippen MR) is 81.8 cm³/mol. The van der Waals surface area contributed by atoms with Gasteiger partial charge in [-0.2, -0.15) is 5.10 Å². The third-order valence-electron chi connectivity index (χ3n) is 2.69. The van der Waals surface area contributed by atoms with Crippen LogP contribution >= 0.6 is 0 Å². The van der Waals surface area contributed by atoms with Gasteiger partial charge in [-0.1, -0.05) is 0 Å². The number of rotatable bonds is 6. The smallest absolute Gasteiger partial charge is 0.119 e. The Hall–Kier alpha value is -2.49. The molecule has 2 aromatic rings. The van der Waals surface area contributed by atoms with Crippen LogP contribution in [0.3, 0.4) is 0 Å². The highest BCUT2D eigenvalue weighted by Crippen LogP contribution is 2.15. The minimum atomic E-state index is 0.673. The number of hydrogen-bond donors (Lipinski definition) is 1. The van der Waals surface area contributed by atoms with E-state index < -0.39 is 0 Å². The topological polar surface area (TPSA) is 42.8 Å². The van der Waals surface area contributed by atoms with Crippen molar-refractivity contribution in [3.63, 3.8) is 0 Å². The highest BCUT2D eigenvalue weighted by atomic mass is 16.5. The number of benzene rings is 2. The van der Waals surface area contributed by atoms with Crippen LogP contribution in [0, 0.1) is 0 Å². The highest BCUT2D eigenvalue weighted by molar-refractivity contribution is 5.80. The Morgan fingerprint density at radius 3 is 2.25 bits per heavy atom. The first-order chi connectivity index (χ1) is 9.81. The van der Waals surface area contributed by atoms with Crippen molar-refractivity contribution in [2.24, 2.45) is 5.10 Å². The highest BCUT2D eigenvalue weighted by Gasteiger charge is 1.93. The van der Waals surface area contributed by atoms with Crippen LogP contribution in [0.2, 0.25) is 0 Å². The van der Waals surface area contributed by atoms with Gasteiger partial charge in [-0.3, -0.25) is 5.43 Å². The van der Waals surface area contributed by atoms with E-state index in [9.17, 15) is 0 Å². The molecule has 0 fully saturated rings. The fourth-order valence-electron chi connectivity index (χ4n) is 1.66. The molecule has 0 bridgehead atoms. The molecule has 4 heteroatoms. The number of nitrogens with zero attached hydrogens (tertiary/aromatic N) is 1. The molecule has 0 saturated heterocycles. The summed E-state index contributed by atoms with van der Waals surface area (Å²) in [6.07, 6.45) is 1.76. The molecule has 2 rings (SSSR count). The molecule has 0 radical (unpaired) electrons. The summed E-state index contributed by atoms with van der Waals surface area (Å²) in [5, 5.41) is 4.19. The number of nitrogens with one attached hydrogen (secondary N) is 1. The minimum Gasteiger partial charge on any atom is -0.497 e. The van der Waals surface area contributed by atoms with Crippen LogP contribution in [0.25, 0.3) is 0 Å². The molecule has 4 nitrogen and oxygen atoms in total. The maximum Gasteiger partial charge on any atom is 0.119 e. The van der Waals surface area contributed by atoms with E-state index in [0.29, 0.717) is 6.61 Å². The Balaban J connectivity index is 1.91. The molecule has 0 amide bonds. The van der Waals surface area contributed by atoms with E-state index in [2.05, 4.69) is 10.5 Å². The van der Waals surface area contributed by atoms with Crippen molar-refractivity contribution < 1.29 is 9.47 Å². The second-order valence-corrected chi connectivity index (χ2v) is 4.10. The molecule has 0 spiro atoms. The molecule has 20 heavy (non-hydrogen) atoms. The maximum absolute atomic E-state index is 5.38. The van der Waals surface area contributed by atoms with Crippen molar-refractivity contribution in [2.75, 3.05) is 19.1 Å². The van der Waals surface area contributed by atoms with E-state index in [-0.39, 0.29) is 0 Å². The lowest BCUT2D eigenvalue weighted by Crippen LogP contribution is -1.93. The number of hydrogen-bond acceptors (Lipinski definition) is 4. The van der Waals surface area contributed by atoms with Gasteiger partial charge in [-0.05, 0) is 61.0 Å². The van der Waals surface area contributed by atoms with Gasteiger partial charge in [0.25, 0.3) is 0 Å². The second-order valence-electron chi connectivity index (χ2n) is 4.10.